The lowest BCUT2D eigenvalue weighted by Gasteiger charge is -2.10. The first kappa shape index (κ1) is 13.7. The fourth-order valence-corrected chi connectivity index (χ4v) is 2.79. The van der Waals surface area contributed by atoms with Gasteiger partial charge in [-0.3, -0.25) is 0 Å². The van der Waals surface area contributed by atoms with E-state index in [1.54, 1.807) is 30.5 Å². The predicted molar refractivity (Wildman–Crippen MR) is 78.5 cm³/mol. The maximum atomic E-state index is 12.9. The Bertz CT molecular complexity index is 724. The molecule has 1 aromatic carbocycles. The summed E-state index contributed by atoms with van der Waals surface area (Å²) in [5.74, 6) is 6.77. The molecule has 0 aliphatic heterocycles. The molecule has 0 saturated heterocycles. The quantitative estimate of drug-likeness (QED) is 0.592. The van der Waals surface area contributed by atoms with Crippen molar-refractivity contribution in [2.45, 2.75) is 17.3 Å². The Labute approximate surface area is 124 Å². The summed E-state index contributed by atoms with van der Waals surface area (Å²) in [6.07, 6.45) is 1.55. The molecule has 0 radical (unpaired) electrons. The van der Waals surface area contributed by atoms with Crippen molar-refractivity contribution in [1.82, 2.24) is 14.9 Å². The molecule has 0 fully saturated rings. The van der Waals surface area contributed by atoms with Crippen molar-refractivity contribution >= 4 is 11.8 Å². The van der Waals surface area contributed by atoms with Gasteiger partial charge >= 0.3 is 0 Å². The zero-order valence-electron chi connectivity index (χ0n) is 11.2. The van der Waals surface area contributed by atoms with Crippen LogP contribution in [0.5, 0.6) is 0 Å². The van der Waals surface area contributed by atoms with Crippen molar-refractivity contribution in [3.63, 3.8) is 0 Å². The highest BCUT2D eigenvalue weighted by Crippen LogP contribution is 2.34. The highest BCUT2D eigenvalue weighted by molar-refractivity contribution is 7.99. The minimum atomic E-state index is -0.252. The fourth-order valence-electron chi connectivity index (χ4n) is 1.89. The van der Waals surface area contributed by atoms with Crippen LogP contribution in [0.2, 0.25) is 0 Å². The van der Waals surface area contributed by atoms with Gasteiger partial charge in [-0.25, -0.2) is 9.07 Å². The van der Waals surface area contributed by atoms with E-state index >= 15 is 0 Å². The average molecular weight is 304 g/mol. The van der Waals surface area contributed by atoms with Crippen LogP contribution in [0.4, 0.5) is 4.39 Å². The monoisotopic (exact) mass is 304 g/mol. The van der Waals surface area contributed by atoms with E-state index < -0.39 is 0 Å². The summed E-state index contributed by atoms with van der Waals surface area (Å²) in [7, 11) is 0. The number of rotatable bonds is 4. The number of halogens is 1. The SMILES string of the molecule is C[C@@H](Sc1nnc(-c2ccco2)n1N)c1ccc(F)cc1. The van der Waals surface area contributed by atoms with Gasteiger partial charge in [0.15, 0.2) is 5.76 Å². The first-order chi connectivity index (χ1) is 10.1. The van der Waals surface area contributed by atoms with Gasteiger partial charge in [0, 0.05) is 5.25 Å². The third-order valence-corrected chi connectivity index (χ3v) is 4.14. The molecule has 0 amide bonds. The minimum absolute atomic E-state index is 0.0709. The maximum Gasteiger partial charge on any atom is 0.218 e. The number of nitrogens with two attached hydrogens (primary N) is 1. The third-order valence-electron chi connectivity index (χ3n) is 3.03. The zero-order chi connectivity index (χ0) is 14.8. The Morgan fingerprint density at radius 2 is 2.00 bits per heavy atom. The molecule has 2 aromatic heterocycles. The lowest BCUT2D eigenvalue weighted by atomic mass is 10.2. The summed E-state index contributed by atoms with van der Waals surface area (Å²) in [5, 5.41) is 8.74. The number of nitrogen functional groups attached to an aromatic ring is 1. The second-order valence-electron chi connectivity index (χ2n) is 4.47. The first-order valence-electron chi connectivity index (χ1n) is 6.31. The molecule has 3 rings (SSSR count). The van der Waals surface area contributed by atoms with Crippen molar-refractivity contribution in [1.29, 1.82) is 0 Å². The Morgan fingerprint density at radius 1 is 1.24 bits per heavy atom. The van der Waals surface area contributed by atoms with Crippen LogP contribution in [-0.2, 0) is 0 Å². The molecule has 108 valence electrons. The van der Waals surface area contributed by atoms with Crippen molar-refractivity contribution in [2.24, 2.45) is 0 Å². The van der Waals surface area contributed by atoms with Gasteiger partial charge in [-0.1, -0.05) is 23.9 Å². The lowest BCUT2D eigenvalue weighted by Crippen LogP contribution is -2.11. The van der Waals surface area contributed by atoms with Crippen LogP contribution in [0.15, 0.2) is 52.2 Å². The predicted octanol–water partition coefficient (Wildman–Crippen LogP) is 3.24. The van der Waals surface area contributed by atoms with Crippen molar-refractivity contribution in [3.05, 3.63) is 54.0 Å². The zero-order valence-corrected chi connectivity index (χ0v) is 12.0. The molecular formula is C14H13FN4OS. The molecular weight excluding hydrogens is 291 g/mol. The topological polar surface area (TPSA) is 69.9 Å². The van der Waals surface area contributed by atoms with Crippen LogP contribution in [0.1, 0.15) is 17.7 Å². The fraction of sp³-hybridized carbons (Fsp3) is 0.143. The van der Waals surface area contributed by atoms with E-state index in [0.29, 0.717) is 16.7 Å². The smallest absolute Gasteiger partial charge is 0.218 e. The molecule has 2 N–H and O–H groups in total. The number of hydrogen-bond acceptors (Lipinski definition) is 5. The maximum absolute atomic E-state index is 12.9. The normalized spacial score (nSPS) is 12.5. The Morgan fingerprint density at radius 3 is 2.67 bits per heavy atom. The molecule has 7 heteroatoms. The van der Waals surface area contributed by atoms with Crippen LogP contribution in [0.3, 0.4) is 0 Å². The number of furan rings is 1. The first-order valence-corrected chi connectivity index (χ1v) is 7.19. The number of thioether (sulfide) groups is 1. The van der Waals surface area contributed by atoms with Gasteiger partial charge < -0.3 is 10.3 Å². The Hall–Kier alpha value is -2.28. The number of benzene rings is 1. The number of hydrogen-bond donors (Lipinski definition) is 1. The van der Waals surface area contributed by atoms with E-state index in [0.717, 1.165) is 5.56 Å². The van der Waals surface area contributed by atoms with Gasteiger partial charge in [0.2, 0.25) is 11.0 Å². The number of aromatic nitrogens is 3. The van der Waals surface area contributed by atoms with Crippen LogP contribution < -0.4 is 5.84 Å². The van der Waals surface area contributed by atoms with Crippen LogP contribution >= 0.6 is 11.8 Å². The highest BCUT2D eigenvalue weighted by atomic mass is 32.2. The molecule has 0 unspecified atom stereocenters. The van der Waals surface area contributed by atoms with E-state index in [9.17, 15) is 4.39 Å². The van der Waals surface area contributed by atoms with Crippen molar-refractivity contribution < 1.29 is 8.81 Å². The van der Waals surface area contributed by atoms with Crippen molar-refractivity contribution in [2.75, 3.05) is 5.84 Å². The minimum Gasteiger partial charge on any atom is -0.461 e. The molecule has 0 saturated carbocycles. The number of nitrogens with zero attached hydrogens (tertiary/aromatic N) is 3. The summed E-state index contributed by atoms with van der Waals surface area (Å²) in [4.78, 5) is 0. The molecule has 0 bridgehead atoms. The largest absolute Gasteiger partial charge is 0.461 e. The molecule has 0 spiro atoms. The van der Waals surface area contributed by atoms with Crippen LogP contribution in [0.25, 0.3) is 11.6 Å². The van der Waals surface area contributed by atoms with Crippen molar-refractivity contribution in [3.8, 4) is 11.6 Å². The van der Waals surface area contributed by atoms with E-state index in [1.165, 1.54) is 28.6 Å². The van der Waals surface area contributed by atoms with E-state index in [4.69, 9.17) is 10.3 Å². The second-order valence-corrected chi connectivity index (χ2v) is 5.77. The average Bonchev–Trinajstić information content (AvgIpc) is 3.10. The van der Waals surface area contributed by atoms with E-state index in [1.807, 2.05) is 6.92 Å². The summed E-state index contributed by atoms with van der Waals surface area (Å²) in [6.45, 7) is 2.00. The van der Waals surface area contributed by atoms with Gasteiger partial charge in [0.25, 0.3) is 0 Å². The second kappa shape index (κ2) is 5.61. The van der Waals surface area contributed by atoms with Crippen LogP contribution in [-0.4, -0.2) is 14.9 Å². The molecule has 5 nitrogen and oxygen atoms in total. The van der Waals surface area contributed by atoms with Gasteiger partial charge in [-0.05, 0) is 36.8 Å². The highest BCUT2D eigenvalue weighted by Gasteiger charge is 2.17. The summed E-state index contributed by atoms with van der Waals surface area (Å²) in [5.41, 5.74) is 0.990. The molecule has 21 heavy (non-hydrogen) atoms. The van der Waals surface area contributed by atoms with Gasteiger partial charge in [-0.15, -0.1) is 10.2 Å². The third kappa shape index (κ3) is 2.78. The van der Waals surface area contributed by atoms with Gasteiger partial charge in [0.1, 0.15) is 5.82 Å². The summed E-state index contributed by atoms with van der Waals surface area (Å²) >= 11 is 1.45. The standard InChI is InChI=1S/C14H13FN4OS/c1-9(10-4-6-11(15)7-5-10)21-14-18-17-13(19(14)16)12-3-2-8-20-12/h2-9H,16H2,1H3/t9-/m1/s1. The van der Waals surface area contributed by atoms with Crippen LogP contribution in [0, 0.1) is 5.82 Å². The molecule has 3 aromatic rings. The molecule has 2 heterocycles. The molecule has 1 atom stereocenters. The van der Waals surface area contributed by atoms with E-state index in [2.05, 4.69) is 10.2 Å². The van der Waals surface area contributed by atoms with E-state index in [-0.39, 0.29) is 11.1 Å². The Kier molecular flexibility index (Phi) is 3.66. The lowest BCUT2D eigenvalue weighted by molar-refractivity contribution is 0.574. The summed E-state index contributed by atoms with van der Waals surface area (Å²) in [6, 6.07) is 9.90. The molecule has 0 aliphatic carbocycles. The summed E-state index contributed by atoms with van der Waals surface area (Å²) < 4.78 is 19.6. The van der Waals surface area contributed by atoms with Gasteiger partial charge in [-0.2, -0.15) is 0 Å². The molecule has 0 aliphatic rings. The Balaban J connectivity index is 1.81. The van der Waals surface area contributed by atoms with Gasteiger partial charge in [0.05, 0.1) is 6.26 Å².